The summed E-state index contributed by atoms with van der Waals surface area (Å²) in [6.45, 7) is 6.49. The molecule has 6 rings (SSSR count). The molecule has 39 heavy (non-hydrogen) atoms. The first-order valence-electron chi connectivity index (χ1n) is 14.9. The van der Waals surface area contributed by atoms with E-state index in [2.05, 4.69) is 13.8 Å². The number of carbonyl (C=O) groups excluding carboxylic acids is 1. The fraction of sp³-hybridized carbons (Fsp3) is 0.900. The third kappa shape index (κ3) is 4.02. The van der Waals surface area contributed by atoms with Gasteiger partial charge in [0.15, 0.2) is 6.29 Å². The Balaban J connectivity index is 1.19. The lowest BCUT2D eigenvalue weighted by Crippen LogP contribution is -2.65. The van der Waals surface area contributed by atoms with Crippen molar-refractivity contribution in [3.63, 3.8) is 0 Å². The van der Waals surface area contributed by atoms with Crippen LogP contribution in [0.3, 0.4) is 0 Å². The highest BCUT2D eigenvalue weighted by molar-refractivity contribution is 5.85. The van der Waals surface area contributed by atoms with Crippen molar-refractivity contribution in [1.82, 2.24) is 0 Å². The fourth-order valence-electron chi connectivity index (χ4n) is 10.1. The second-order valence-electron chi connectivity index (χ2n) is 13.8. The minimum Gasteiger partial charge on any atom is -0.458 e. The van der Waals surface area contributed by atoms with Crippen molar-refractivity contribution in [2.24, 2.45) is 34.5 Å². The number of ether oxygens (including phenoxy) is 4. The predicted octanol–water partition coefficient (Wildman–Crippen LogP) is 2.08. The lowest BCUT2D eigenvalue weighted by Gasteiger charge is -2.64. The van der Waals surface area contributed by atoms with E-state index in [1.54, 1.807) is 13.0 Å². The van der Waals surface area contributed by atoms with Crippen molar-refractivity contribution in [2.75, 3.05) is 13.7 Å². The summed E-state index contributed by atoms with van der Waals surface area (Å²) in [6, 6.07) is 0. The number of cyclic esters (lactones) is 1. The molecule has 220 valence electrons. The molecule has 0 unspecified atom stereocenters. The van der Waals surface area contributed by atoms with E-state index in [0.717, 1.165) is 44.1 Å². The van der Waals surface area contributed by atoms with Crippen LogP contribution in [0.15, 0.2) is 11.6 Å². The minimum atomic E-state index is -1.13. The number of methoxy groups -OCH3 is 1. The molecular formula is C30H46O9. The van der Waals surface area contributed by atoms with Crippen molar-refractivity contribution in [1.29, 1.82) is 0 Å². The molecule has 2 heterocycles. The summed E-state index contributed by atoms with van der Waals surface area (Å²) in [5, 5.41) is 45.2. The number of esters is 1. The molecular weight excluding hydrogens is 504 g/mol. The SMILES string of the molecule is CO[C@@H]1[C@H](O)[C@H](O[C@@H]2C[C@@H]3CC[C@@H]4[C@H](CC[C@]5(C)[C@@H](C6=CC(=O)OC6)CC[C@@]45O)[C@@]3(C)[C@H](O)C2)O[C@H](C)[C@H]1O. The molecule has 6 aliphatic rings. The van der Waals surface area contributed by atoms with Gasteiger partial charge in [0.25, 0.3) is 0 Å². The normalized spacial score (nSPS) is 55.3. The molecule has 9 nitrogen and oxygen atoms in total. The molecule has 0 spiro atoms. The maximum absolute atomic E-state index is 12.4. The molecule has 4 N–H and O–H groups in total. The van der Waals surface area contributed by atoms with Crippen LogP contribution in [0.4, 0.5) is 0 Å². The van der Waals surface area contributed by atoms with Crippen LogP contribution >= 0.6 is 0 Å². The van der Waals surface area contributed by atoms with Gasteiger partial charge in [-0.2, -0.15) is 0 Å². The minimum absolute atomic E-state index is 0.0986. The summed E-state index contributed by atoms with van der Waals surface area (Å²) in [5.74, 6) is 0.393. The zero-order chi connectivity index (χ0) is 27.9. The molecule has 1 saturated heterocycles. The van der Waals surface area contributed by atoms with Gasteiger partial charge in [-0.1, -0.05) is 13.8 Å². The summed E-state index contributed by atoms with van der Waals surface area (Å²) in [6.07, 6.45) is 2.74. The lowest BCUT2D eigenvalue weighted by molar-refractivity contribution is -0.317. The zero-order valence-corrected chi connectivity index (χ0v) is 23.6. The summed E-state index contributed by atoms with van der Waals surface area (Å²) < 4.78 is 22.6. The van der Waals surface area contributed by atoms with E-state index in [9.17, 15) is 25.2 Å². The Morgan fingerprint density at radius 1 is 1.00 bits per heavy atom. The van der Waals surface area contributed by atoms with Gasteiger partial charge in [-0.15, -0.1) is 0 Å². The van der Waals surface area contributed by atoms with E-state index in [-0.39, 0.29) is 46.6 Å². The van der Waals surface area contributed by atoms with E-state index < -0.39 is 42.4 Å². The molecule has 0 radical (unpaired) electrons. The first kappa shape index (κ1) is 28.1. The van der Waals surface area contributed by atoms with Gasteiger partial charge >= 0.3 is 5.97 Å². The van der Waals surface area contributed by atoms with Crippen LogP contribution in [-0.4, -0.2) is 88.6 Å². The maximum Gasteiger partial charge on any atom is 0.331 e. The fourth-order valence-corrected chi connectivity index (χ4v) is 10.1. The molecule has 0 amide bonds. The Hall–Kier alpha value is -1.07. The van der Waals surface area contributed by atoms with E-state index in [4.69, 9.17) is 18.9 Å². The number of carbonyl (C=O) groups is 1. The summed E-state index contributed by atoms with van der Waals surface area (Å²) in [5.41, 5.74) is -0.455. The van der Waals surface area contributed by atoms with Gasteiger partial charge in [-0.3, -0.25) is 0 Å². The van der Waals surface area contributed by atoms with Gasteiger partial charge in [0.05, 0.1) is 23.9 Å². The first-order chi connectivity index (χ1) is 18.4. The van der Waals surface area contributed by atoms with Crippen LogP contribution in [0.25, 0.3) is 0 Å². The highest BCUT2D eigenvalue weighted by Crippen LogP contribution is 2.70. The van der Waals surface area contributed by atoms with Crippen molar-refractivity contribution in [3.05, 3.63) is 11.6 Å². The predicted molar refractivity (Wildman–Crippen MR) is 139 cm³/mol. The number of hydrogen-bond donors (Lipinski definition) is 4. The van der Waals surface area contributed by atoms with E-state index in [1.807, 2.05) is 0 Å². The lowest BCUT2D eigenvalue weighted by atomic mass is 9.42. The third-order valence-corrected chi connectivity index (χ3v) is 12.4. The van der Waals surface area contributed by atoms with Crippen LogP contribution in [-0.2, 0) is 23.7 Å². The number of aliphatic hydroxyl groups is 4. The van der Waals surface area contributed by atoms with Crippen LogP contribution in [0.5, 0.6) is 0 Å². The largest absolute Gasteiger partial charge is 0.458 e. The van der Waals surface area contributed by atoms with Gasteiger partial charge in [-0.25, -0.2) is 4.79 Å². The van der Waals surface area contributed by atoms with Gasteiger partial charge < -0.3 is 39.4 Å². The van der Waals surface area contributed by atoms with Gasteiger partial charge in [-0.05, 0) is 86.5 Å². The quantitative estimate of drug-likeness (QED) is 0.307. The molecule has 0 aromatic carbocycles. The second kappa shape index (κ2) is 9.75. The monoisotopic (exact) mass is 550 g/mol. The summed E-state index contributed by atoms with van der Waals surface area (Å²) in [7, 11) is 1.45. The van der Waals surface area contributed by atoms with Crippen molar-refractivity contribution in [2.45, 2.75) is 121 Å². The van der Waals surface area contributed by atoms with E-state index >= 15 is 0 Å². The highest BCUT2D eigenvalue weighted by Gasteiger charge is 2.69. The topological polar surface area (TPSA) is 135 Å². The van der Waals surface area contributed by atoms with Crippen LogP contribution in [0, 0.1) is 34.5 Å². The Kier molecular flexibility index (Phi) is 7.02. The van der Waals surface area contributed by atoms with Crippen molar-refractivity contribution >= 4 is 5.97 Å². The molecule has 0 bridgehead atoms. The van der Waals surface area contributed by atoms with Crippen LogP contribution in [0.1, 0.15) is 72.1 Å². The number of hydrogen-bond acceptors (Lipinski definition) is 9. The average Bonchev–Trinajstić information content (AvgIpc) is 3.43. The van der Waals surface area contributed by atoms with Gasteiger partial charge in [0.2, 0.25) is 0 Å². The number of aliphatic hydroxyl groups excluding tert-OH is 3. The number of fused-ring (bicyclic) bond motifs is 5. The number of rotatable bonds is 4. The van der Waals surface area contributed by atoms with Crippen molar-refractivity contribution in [3.8, 4) is 0 Å². The summed E-state index contributed by atoms with van der Waals surface area (Å²) >= 11 is 0. The maximum atomic E-state index is 12.4. The summed E-state index contributed by atoms with van der Waals surface area (Å²) in [4.78, 5) is 11.8. The smallest absolute Gasteiger partial charge is 0.331 e. The average molecular weight is 551 g/mol. The highest BCUT2D eigenvalue weighted by atomic mass is 16.7. The Morgan fingerprint density at radius 2 is 1.77 bits per heavy atom. The van der Waals surface area contributed by atoms with E-state index in [0.29, 0.717) is 19.4 Å². The van der Waals surface area contributed by atoms with E-state index in [1.165, 1.54) is 7.11 Å². The molecule has 2 aliphatic heterocycles. The molecule has 9 heteroatoms. The van der Waals surface area contributed by atoms with Crippen LogP contribution in [0.2, 0.25) is 0 Å². The standard InChI is InChI=1S/C30H46O9/c1-15-24(33)26(36-4)25(34)27(38-15)39-18-12-17-5-6-21-20(29(17,3)22(31)13-18)7-9-28(2)19(8-10-30(21,28)35)16-11-23(32)37-14-16/h11,15,17-22,24-27,31,33-35H,5-10,12-14H2,1-4H3/t15-,17+,18-,19-,20+,21-,22-,24-,25+,26+,27+,28-,29+,30-/m1/s1. The van der Waals surface area contributed by atoms with Gasteiger partial charge in [0, 0.05) is 25.0 Å². The molecule has 0 aromatic heterocycles. The molecule has 4 aliphatic carbocycles. The van der Waals surface area contributed by atoms with Gasteiger partial charge in [0.1, 0.15) is 24.9 Å². The Bertz CT molecular complexity index is 1000. The molecule has 4 saturated carbocycles. The third-order valence-electron chi connectivity index (χ3n) is 12.4. The van der Waals surface area contributed by atoms with Crippen molar-refractivity contribution < 1.29 is 44.2 Å². The Labute approximate surface area is 230 Å². The first-order valence-corrected chi connectivity index (χ1v) is 14.9. The molecule has 14 atom stereocenters. The molecule has 5 fully saturated rings. The zero-order valence-electron chi connectivity index (χ0n) is 23.6. The molecule has 0 aromatic rings. The second-order valence-corrected chi connectivity index (χ2v) is 13.8. The Morgan fingerprint density at radius 3 is 2.46 bits per heavy atom. The van der Waals surface area contributed by atoms with Crippen LogP contribution < -0.4 is 0 Å².